The summed E-state index contributed by atoms with van der Waals surface area (Å²) in [7, 11) is 4.14. The minimum absolute atomic E-state index is 0.0156. The first-order valence-electron chi connectivity index (χ1n) is 6.18. The molecule has 1 aliphatic carbocycles. The van der Waals surface area contributed by atoms with E-state index in [1.807, 2.05) is 0 Å². The first-order chi connectivity index (χ1) is 8.05. The normalized spacial score (nSPS) is 28.2. The summed E-state index contributed by atoms with van der Waals surface area (Å²) < 4.78 is 0. The van der Waals surface area contributed by atoms with Gasteiger partial charge >= 0.3 is 0 Å². The van der Waals surface area contributed by atoms with Crippen molar-refractivity contribution >= 4 is 0 Å². The zero-order valence-corrected chi connectivity index (χ0v) is 10.7. The fourth-order valence-corrected chi connectivity index (χ4v) is 2.73. The van der Waals surface area contributed by atoms with Gasteiger partial charge in [-0.15, -0.1) is 0 Å². The Labute approximate surface area is 103 Å². The first-order valence-corrected chi connectivity index (χ1v) is 6.18. The number of hydrogen-bond donors (Lipinski definition) is 2. The van der Waals surface area contributed by atoms with Gasteiger partial charge in [0.25, 0.3) is 0 Å². The summed E-state index contributed by atoms with van der Waals surface area (Å²) in [6.45, 7) is 1.56. The number of nitrogens with two attached hydrogens (primary N) is 1. The average Bonchev–Trinajstić information content (AvgIpc) is 2.24. The number of aliphatic hydroxyl groups excluding tert-OH is 1. The van der Waals surface area contributed by atoms with Crippen molar-refractivity contribution in [2.24, 2.45) is 5.73 Å². The molecule has 3 N–H and O–H groups in total. The van der Waals surface area contributed by atoms with Gasteiger partial charge in [-0.3, -0.25) is 0 Å². The van der Waals surface area contributed by atoms with Crippen molar-refractivity contribution in [3.63, 3.8) is 0 Å². The Bertz CT molecular complexity index is 384. The Balaban J connectivity index is 2.20. The summed E-state index contributed by atoms with van der Waals surface area (Å²) in [4.78, 5) is 2.16. The van der Waals surface area contributed by atoms with E-state index in [1.54, 1.807) is 0 Å². The van der Waals surface area contributed by atoms with Crippen LogP contribution < -0.4 is 5.73 Å². The van der Waals surface area contributed by atoms with Crippen LogP contribution in [0, 0.1) is 0 Å². The predicted octanol–water partition coefficient (Wildman–Crippen LogP) is 1.10. The highest BCUT2D eigenvalue weighted by Gasteiger charge is 2.43. The van der Waals surface area contributed by atoms with Gasteiger partial charge in [-0.1, -0.05) is 24.3 Å². The minimum atomic E-state index is -0.170. The Hall–Kier alpha value is -0.900. The van der Waals surface area contributed by atoms with E-state index in [4.69, 9.17) is 5.73 Å². The van der Waals surface area contributed by atoms with Gasteiger partial charge < -0.3 is 15.7 Å². The van der Waals surface area contributed by atoms with Gasteiger partial charge in [0.2, 0.25) is 0 Å². The molecule has 0 spiro atoms. The third kappa shape index (κ3) is 2.51. The fraction of sp³-hybridized carbons (Fsp3) is 0.571. The minimum Gasteiger partial charge on any atom is -0.393 e. The molecule has 0 bridgehead atoms. The van der Waals surface area contributed by atoms with Gasteiger partial charge in [-0.05, 0) is 38.1 Å². The van der Waals surface area contributed by atoms with E-state index < -0.39 is 0 Å². The van der Waals surface area contributed by atoms with Crippen molar-refractivity contribution in [2.75, 3.05) is 20.6 Å². The molecule has 1 aromatic carbocycles. The summed E-state index contributed by atoms with van der Waals surface area (Å²) in [6.07, 6.45) is 1.43. The van der Waals surface area contributed by atoms with Gasteiger partial charge in [0.15, 0.2) is 0 Å². The van der Waals surface area contributed by atoms with Crippen molar-refractivity contribution in [3.8, 4) is 0 Å². The molecule has 1 aliphatic rings. The van der Waals surface area contributed by atoms with E-state index in [-0.39, 0.29) is 11.5 Å². The molecule has 0 saturated heterocycles. The topological polar surface area (TPSA) is 49.5 Å². The van der Waals surface area contributed by atoms with Gasteiger partial charge in [0.1, 0.15) is 0 Å². The van der Waals surface area contributed by atoms with Crippen LogP contribution in [0.3, 0.4) is 0 Å². The highest BCUT2D eigenvalue weighted by molar-refractivity contribution is 5.33. The SMILES string of the molecule is CN(C)Cc1cccc(C2(CN)CC(O)C2)c1. The van der Waals surface area contributed by atoms with Crippen molar-refractivity contribution in [1.82, 2.24) is 4.90 Å². The highest BCUT2D eigenvalue weighted by atomic mass is 16.3. The van der Waals surface area contributed by atoms with E-state index in [1.165, 1.54) is 11.1 Å². The van der Waals surface area contributed by atoms with Crippen LogP contribution >= 0.6 is 0 Å². The summed E-state index contributed by atoms with van der Waals surface area (Å²) in [5.74, 6) is 0. The molecule has 3 nitrogen and oxygen atoms in total. The van der Waals surface area contributed by atoms with Crippen LogP contribution in [0.4, 0.5) is 0 Å². The maximum atomic E-state index is 9.53. The van der Waals surface area contributed by atoms with Crippen molar-refractivity contribution in [2.45, 2.75) is 30.9 Å². The van der Waals surface area contributed by atoms with Crippen molar-refractivity contribution in [1.29, 1.82) is 0 Å². The number of hydrogen-bond acceptors (Lipinski definition) is 3. The second-order valence-electron chi connectivity index (χ2n) is 5.48. The number of nitrogens with zero attached hydrogens (tertiary/aromatic N) is 1. The molecule has 3 heteroatoms. The van der Waals surface area contributed by atoms with Gasteiger partial charge in [0.05, 0.1) is 6.10 Å². The summed E-state index contributed by atoms with van der Waals surface area (Å²) >= 11 is 0. The van der Waals surface area contributed by atoms with Crippen molar-refractivity contribution in [3.05, 3.63) is 35.4 Å². The Kier molecular flexibility index (Phi) is 3.52. The molecule has 0 atom stereocenters. The van der Waals surface area contributed by atoms with Crippen LogP contribution in [0.2, 0.25) is 0 Å². The molecule has 0 aromatic heterocycles. The lowest BCUT2D eigenvalue weighted by molar-refractivity contribution is 0.0221. The molecular formula is C14H22N2O. The Morgan fingerprint density at radius 1 is 1.41 bits per heavy atom. The monoisotopic (exact) mass is 234 g/mol. The lowest BCUT2D eigenvalue weighted by Gasteiger charge is -2.45. The van der Waals surface area contributed by atoms with Crippen LogP contribution in [0.25, 0.3) is 0 Å². The molecule has 1 saturated carbocycles. The highest BCUT2D eigenvalue weighted by Crippen LogP contribution is 2.43. The van der Waals surface area contributed by atoms with Crippen LogP contribution in [0.1, 0.15) is 24.0 Å². The maximum Gasteiger partial charge on any atom is 0.0558 e. The molecule has 1 fully saturated rings. The van der Waals surface area contributed by atoms with Crippen LogP contribution in [-0.2, 0) is 12.0 Å². The number of aliphatic hydroxyl groups is 1. The average molecular weight is 234 g/mol. The third-order valence-corrected chi connectivity index (χ3v) is 3.68. The quantitative estimate of drug-likeness (QED) is 0.820. The fourth-order valence-electron chi connectivity index (χ4n) is 2.73. The largest absolute Gasteiger partial charge is 0.393 e. The molecule has 1 aromatic rings. The van der Waals surface area contributed by atoms with E-state index >= 15 is 0 Å². The molecule has 94 valence electrons. The zero-order chi connectivity index (χ0) is 12.5. The van der Waals surface area contributed by atoms with Crippen LogP contribution in [-0.4, -0.2) is 36.8 Å². The molecule has 0 aliphatic heterocycles. The van der Waals surface area contributed by atoms with E-state index in [0.717, 1.165) is 19.4 Å². The summed E-state index contributed by atoms with van der Waals surface area (Å²) in [5, 5.41) is 9.53. The Morgan fingerprint density at radius 3 is 2.65 bits per heavy atom. The molecular weight excluding hydrogens is 212 g/mol. The standard InChI is InChI=1S/C14H22N2O/c1-16(2)9-11-4-3-5-12(6-11)14(10-15)7-13(17)8-14/h3-6,13,17H,7-10,15H2,1-2H3. The smallest absolute Gasteiger partial charge is 0.0558 e. The van der Waals surface area contributed by atoms with Gasteiger partial charge in [0, 0.05) is 18.5 Å². The summed E-state index contributed by atoms with van der Waals surface area (Å²) in [6, 6.07) is 8.61. The molecule has 0 heterocycles. The van der Waals surface area contributed by atoms with E-state index in [9.17, 15) is 5.11 Å². The zero-order valence-electron chi connectivity index (χ0n) is 10.7. The third-order valence-electron chi connectivity index (χ3n) is 3.68. The summed E-state index contributed by atoms with van der Waals surface area (Å²) in [5.41, 5.74) is 8.50. The second kappa shape index (κ2) is 4.77. The van der Waals surface area contributed by atoms with Gasteiger partial charge in [-0.2, -0.15) is 0 Å². The first kappa shape index (κ1) is 12.6. The van der Waals surface area contributed by atoms with Crippen LogP contribution in [0.5, 0.6) is 0 Å². The number of benzene rings is 1. The molecule has 0 unspecified atom stereocenters. The lowest BCUT2D eigenvalue weighted by Crippen LogP contribution is -2.49. The van der Waals surface area contributed by atoms with Crippen LogP contribution in [0.15, 0.2) is 24.3 Å². The van der Waals surface area contributed by atoms with Crippen molar-refractivity contribution < 1.29 is 5.11 Å². The van der Waals surface area contributed by atoms with E-state index in [2.05, 4.69) is 43.3 Å². The molecule has 0 amide bonds. The number of rotatable bonds is 4. The molecule has 17 heavy (non-hydrogen) atoms. The van der Waals surface area contributed by atoms with Gasteiger partial charge in [-0.25, -0.2) is 0 Å². The molecule has 2 rings (SSSR count). The molecule has 0 radical (unpaired) electrons. The lowest BCUT2D eigenvalue weighted by atomic mass is 9.62. The Morgan fingerprint density at radius 2 is 2.12 bits per heavy atom. The second-order valence-corrected chi connectivity index (χ2v) is 5.48. The predicted molar refractivity (Wildman–Crippen MR) is 69.8 cm³/mol. The maximum absolute atomic E-state index is 9.53. The van der Waals surface area contributed by atoms with E-state index in [0.29, 0.717) is 6.54 Å².